The van der Waals surface area contributed by atoms with Crippen molar-refractivity contribution in [2.75, 3.05) is 5.32 Å². The van der Waals surface area contributed by atoms with Gasteiger partial charge in [-0.05, 0) is 47.9 Å². The number of halogens is 4. The number of fused-ring (bicyclic) bond motifs is 1. The maximum atomic E-state index is 13.2. The predicted molar refractivity (Wildman–Crippen MR) is 69.6 cm³/mol. The summed E-state index contributed by atoms with van der Waals surface area (Å²) in [6, 6.07) is 10.0. The number of hydrogen-bond acceptors (Lipinski definition) is 2. The van der Waals surface area contributed by atoms with Crippen molar-refractivity contribution >= 4 is 5.69 Å². The summed E-state index contributed by atoms with van der Waals surface area (Å²) in [5.74, 6) is -0.589. The first kappa shape index (κ1) is 13.7. The first-order valence-corrected chi connectivity index (χ1v) is 6.31. The summed E-state index contributed by atoms with van der Waals surface area (Å²) in [6.45, 7) is 0. The Hall–Kier alpha value is -2.24. The fraction of sp³-hybridized carbons (Fsp3) is 0.200. The highest BCUT2D eigenvalue weighted by Crippen LogP contribution is 2.36. The number of alkyl halides is 3. The minimum absolute atomic E-state index is 0.196. The molecular formula is C15H11F4NO. The zero-order chi connectivity index (χ0) is 15.0. The van der Waals surface area contributed by atoms with Crippen molar-refractivity contribution in [1.82, 2.24) is 0 Å². The average Bonchev–Trinajstić information content (AvgIpc) is 2.80. The van der Waals surface area contributed by atoms with Crippen LogP contribution < -0.4 is 10.1 Å². The third-order valence-electron chi connectivity index (χ3n) is 3.32. The number of hydrogen-bond donors (Lipinski definition) is 1. The number of benzene rings is 2. The molecule has 1 aliphatic heterocycles. The molecule has 0 aliphatic carbocycles. The van der Waals surface area contributed by atoms with E-state index in [9.17, 15) is 17.6 Å². The van der Waals surface area contributed by atoms with Gasteiger partial charge in [-0.1, -0.05) is 12.1 Å². The Bertz CT molecular complexity index is 669. The molecule has 0 radical (unpaired) electrons. The molecule has 1 N–H and O–H groups in total. The number of anilines is 1. The Labute approximate surface area is 118 Å². The van der Waals surface area contributed by atoms with Gasteiger partial charge in [0.25, 0.3) is 0 Å². The lowest BCUT2D eigenvalue weighted by molar-refractivity contribution is -0.274. The molecule has 2 aromatic carbocycles. The zero-order valence-electron chi connectivity index (χ0n) is 10.7. The van der Waals surface area contributed by atoms with E-state index < -0.39 is 6.36 Å². The number of rotatable bonds is 2. The van der Waals surface area contributed by atoms with Gasteiger partial charge in [0.15, 0.2) is 0 Å². The lowest BCUT2D eigenvalue weighted by Gasteiger charge is -2.14. The highest BCUT2D eigenvalue weighted by atomic mass is 19.4. The van der Waals surface area contributed by atoms with Gasteiger partial charge in [0.05, 0.1) is 6.04 Å². The summed E-state index contributed by atoms with van der Waals surface area (Å²) in [5.41, 5.74) is 2.26. The van der Waals surface area contributed by atoms with Crippen molar-refractivity contribution in [3.63, 3.8) is 0 Å². The Kier molecular flexibility index (Phi) is 3.23. The molecule has 1 aliphatic rings. The summed E-state index contributed by atoms with van der Waals surface area (Å²) in [5, 5.41) is 3.16. The van der Waals surface area contributed by atoms with E-state index in [0.717, 1.165) is 11.3 Å². The fourth-order valence-corrected chi connectivity index (χ4v) is 2.46. The maximum absolute atomic E-state index is 13.2. The van der Waals surface area contributed by atoms with Gasteiger partial charge in [-0.2, -0.15) is 0 Å². The van der Waals surface area contributed by atoms with Gasteiger partial charge in [-0.3, -0.25) is 0 Å². The van der Waals surface area contributed by atoms with Gasteiger partial charge in [-0.15, -0.1) is 13.2 Å². The zero-order valence-corrected chi connectivity index (χ0v) is 10.7. The molecule has 110 valence electrons. The second-order valence-electron chi connectivity index (χ2n) is 4.82. The molecule has 0 spiro atoms. The molecule has 6 heteroatoms. The molecule has 21 heavy (non-hydrogen) atoms. The first-order valence-electron chi connectivity index (χ1n) is 6.31. The smallest absolute Gasteiger partial charge is 0.406 e. The summed E-state index contributed by atoms with van der Waals surface area (Å²) in [4.78, 5) is 0. The molecule has 1 unspecified atom stereocenters. The van der Waals surface area contributed by atoms with Crippen LogP contribution in [0.25, 0.3) is 0 Å². The van der Waals surface area contributed by atoms with Gasteiger partial charge >= 0.3 is 6.36 Å². The number of ether oxygens (including phenoxy) is 1. The highest BCUT2D eigenvalue weighted by molar-refractivity contribution is 5.58. The van der Waals surface area contributed by atoms with E-state index in [-0.39, 0.29) is 17.6 Å². The lowest BCUT2D eigenvalue weighted by atomic mass is 10.0. The van der Waals surface area contributed by atoms with Gasteiger partial charge in [0, 0.05) is 5.69 Å². The molecule has 2 aromatic rings. The molecule has 2 nitrogen and oxygen atoms in total. The van der Waals surface area contributed by atoms with Crippen LogP contribution in [0.1, 0.15) is 17.2 Å². The Morgan fingerprint density at radius 1 is 1.10 bits per heavy atom. The normalized spacial score (nSPS) is 17.2. The standard InChI is InChI=1S/C15H11F4NO/c16-11-4-5-13-10(6-11)8-14(20-13)9-2-1-3-12(7-9)21-15(17,18)19/h1-7,14,20H,8H2. The lowest BCUT2D eigenvalue weighted by Crippen LogP contribution is -2.17. The van der Waals surface area contributed by atoms with Crippen LogP contribution in [-0.4, -0.2) is 6.36 Å². The van der Waals surface area contributed by atoms with Crippen LogP contribution in [0, 0.1) is 5.82 Å². The molecule has 0 saturated heterocycles. The van der Waals surface area contributed by atoms with Crippen LogP contribution in [0.5, 0.6) is 5.75 Å². The number of nitrogens with one attached hydrogen (secondary N) is 1. The molecule has 0 aromatic heterocycles. The molecule has 3 rings (SSSR count). The Morgan fingerprint density at radius 2 is 1.90 bits per heavy atom. The van der Waals surface area contributed by atoms with Crippen LogP contribution in [0.2, 0.25) is 0 Å². The summed E-state index contributed by atoms with van der Waals surface area (Å²) in [6.07, 6.45) is -4.20. The van der Waals surface area contributed by atoms with Crippen LogP contribution in [0.4, 0.5) is 23.2 Å². The molecule has 0 fully saturated rings. The van der Waals surface area contributed by atoms with Crippen molar-refractivity contribution < 1.29 is 22.3 Å². The maximum Gasteiger partial charge on any atom is 0.573 e. The molecule has 1 atom stereocenters. The second-order valence-corrected chi connectivity index (χ2v) is 4.82. The van der Waals surface area contributed by atoms with E-state index in [1.165, 1.54) is 30.3 Å². The molecular weight excluding hydrogens is 286 g/mol. The SMILES string of the molecule is Fc1ccc2c(c1)CC(c1cccc(OC(F)(F)F)c1)N2. The van der Waals surface area contributed by atoms with Crippen LogP contribution in [0.15, 0.2) is 42.5 Å². The van der Waals surface area contributed by atoms with E-state index in [1.807, 2.05) is 0 Å². The van der Waals surface area contributed by atoms with Crippen molar-refractivity contribution in [3.05, 3.63) is 59.4 Å². The van der Waals surface area contributed by atoms with Crippen molar-refractivity contribution in [2.45, 2.75) is 18.8 Å². The summed E-state index contributed by atoms with van der Waals surface area (Å²) < 4.78 is 53.8. The highest BCUT2D eigenvalue weighted by Gasteiger charge is 2.31. The topological polar surface area (TPSA) is 21.3 Å². The Morgan fingerprint density at radius 3 is 2.67 bits per heavy atom. The largest absolute Gasteiger partial charge is 0.573 e. The molecule has 1 heterocycles. The first-order chi connectivity index (χ1) is 9.90. The van der Waals surface area contributed by atoms with Crippen molar-refractivity contribution in [2.24, 2.45) is 0 Å². The van der Waals surface area contributed by atoms with E-state index >= 15 is 0 Å². The average molecular weight is 297 g/mol. The van der Waals surface area contributed by atoms with Crippen LogP contribution >= 0.6 is 0 Å². The van der Waals surface area contributed by atoms with Crippen molar-refractivity contribution in [1.29, 1.82) is 0 Å². The summed E-state index contributed by atoms with van der Waals surface area (Å²) >= 11 is 0. The van der Waals surface area contributed by atoms with Gasteiger partial charge < -0.3 is 10.1 Å². The molecule has 0 saturated carbocycles. The predicted octanol–water partition coefficient (Wildman–Crippen LogP) is 4.43. The van der Waals surface area contributed by atoms with E-state index in [0.29, 0.717) is 12.0 Å². The second kappa shape index (κ2) is 4.95. The fourth-order valence-electron chi connectivity index (χ4n) is 2.46. The monoisotopic (exact) mass is 297 g/mol. The molecule has 0 bridgehead atoms. The van der Waals surface area contributed by atoms with E-state index in [4.69, 9.17) is 0 Å². The van der Waals surface area contributed by atoms with Gasteiger partial charge in [-0.25, -0.2) is 4.39 Å². The van der Waals surface area contributed by atoms with E-state index in [2.05, 4.69) is 10.1 Å². The summed E-state index contributed by atoms with van der Waals surface area (Å²) in [7, 11) is 0. The molecule has 0 amide bonds. The van der Waals surface area contributed by atoms with E-state index in [1.54, 1.807) is 12.1 Å². The quantitative estimate of drug-likeness (QED) is 0.828. The van der Waals surface area contributed by atoms with Crippen molar-refractivity contribution in [3.8, 4) is 5.75 Å². The Balaban J connectivity index is 1.82. The third-order valence-corrected chi connectivity index (χ3v) is 3.32. The van der Waals surface area contributed by atoms with Crippen LogP contribution in [0.3, 0.4) is 0 Å². The third kappa shape index (κ3) is 3.09. The van der Waals surface area contributed by atoms with Gasteiger partial charge in [0.2, 0.25) is 0 Å². The minimum atomic E-state index is -4.71. The van der Waals surface area contributed by atoms with Crippen LogP contribution in [-0.2, 0) is 6.42 Å². The minimum Gasteiger partial charge on any atom is -0.406 e. The van der Waals surface area contributed by atoms with Gasteiger partial charge in [0.1, 0.15) is 11.6 Å².